The Morgan fingerprint density at radius 1 is 0.240 bits per heavy atom. The van der Waals surface area contributed by atoms with Crippen LogP contribution >= 0.6 is 0 Å². The third kappa shape index (κ3) is 11.0. The van der Waals surface area contributed by atoms with Gasteiger partial charge < -0.3 is 28.1 Å². The Kier molecular flexibility index (Phi) is 17.1. The quantitative estimate of drug-likeness (QED) is 0.170. The van der Waals surface area contributed by atoms with Gasteiger partial charge in [0, 0.05) is 174 Å². The van der Waals surface area contributed by atoms with Crippen LogP contribution in [0.25, 0.3) is 87.4 Å². The number of fused-ring (bicyclic) bond motifs is 16. The predicted octanol–water partition coefficient (Wildman–Crippen LogP) is 20.5. The molecule has 9 aromatic carbocycles. The molecule has 0 aliphatic carbocycles. The molecule has 0 amide bonds. The van der Waals surface area contributed by atoms with E-state index in [1.54, 1.807) is 0 Å². The topological polar surface area (TPSA) is 90.7 Å². The second-order valence-electron chi connectivity index (χ2n) is 26.0. The van der Waals surface area contributed by atoms with Gasteiger partial charge in [0.15, 0.2) is 0 Å². The molecule has 0 saturated carbocycles. The fourth-order valence-corrected chi connectivity index (χ4v) is 15.4. The fourth-order valence-electron chi connectivity index (χ4n) is 15.4. The zero-order valence-electron chi connectivity index (χ0n) is 57.5. The summed E-state index contributed by atoms with van der Waals surface area (Å²) < 4.78 is 8.67. The van der Waals surface area contributed by atoms with E-state index in [1.807, 2.05) is 74.0 Å². The minimum atomic E-state index is -0.331. The highest BCUT2D eigenvalue weighted by molar-refractivity contribution is 6.10. The minimum absolute atomic E-state index is 0.0830. The third-order valence-corrected chi connectivity index (χ3v) is 20.3. The first-order valence-electron chi connectivity index (χ1n) is 33.9. The standard InChI is InChI=1S/C26H21N.C16H17N.3C12H10N2.C11H9N3/c1-27-24-18-10-8-16-22(24)26(20-12-4-2-5-13-20,21-14-6-3-7-15-21)23-17-9-11-19-25(23)27;1-16(2)12-8-4-6-10-14(12)17(3)15-11-7-5-9-13(15)16;1-14-11-7-3-2-5-9(11)10-6-4-8-13-12(10)14;1-14-11-5-3-2-4-9(11)10-8-13-7-6-12(10)14;1-14-11-5-3-2-4-9(11)10-6-7-13-8-12(10)14;1-14-10-2-4-12-6-8(10)9-7-13-5-3-11(9)14/h2-19H,1H3;4-11H,1-3H3;3*2-8H,1H3;2-7H,1H3. The normalized spacial score (nSPS) is 12.9. The summed E-state index contributed by atoms with van der Waals surface area (Å²) in [5.41, 5.74) is 22.6. The van der Waals surface area contributed by atoms with Gasteiger partial charge in [0.05, 0.1) is 39.2 Å². The van der Waals surface area contributed by atoms with Gasteiger partial charge in [-0.2, -0.15) is 0 Å². The van der Waals surface area contributed by atoms with Crippen LogP contribution in [0.2, 0.25) is 0 Å². The smallest absolute Gasteiger partial charge is 0.140 e. The molecule has 11 heterocycles. The highest BCUT2D eigenvalue weighted by Crippen LogP contribution is 2.55. The molecule has 2 aliphatic rings. The van der Waals surface area contributed by atoms with E-state index in [2.05, 4.69) is 358 Å². The predicted molar refractivity (Wildman–Crippen MR) is 417 cm³/mol. The highest BCUT2D eigenvalue weighted by Gasteiger charge is 2.45. The Morgan fingerprint density at radius 2 is 0.550 bits per heavy atom. The van der Waals surface area contributed by atoms with E-state index >= 15 is 0 Å². The lowest BCUT2D eigenvalue weighted by atomic mass is 9.62. The molecule has 18 aromatic rings. The van der Waals surface area contributed by atoms with Gasteiger partial charge in [-0.3, -0.25) is 19.9 Å². The van der Waals surface area contributed by atoms with E-state index in [0.717, 1.165) is 16.4 Å². The molecule has 20 rings (SSSR count). The van der Waals surface area contributed by atoms with Crippen LogP contribution in [0.5, 0.6) is 0 Å². The molecule has 9 aromatic heterocycles. The van der Waals surface area contributed by atoms with Crippen LogP contribution < -0.4 is 9.80 Å². The van der Waals surface area contributed by atoms with Crippen LogP contribution in [0, 0.1) is 0 Å². The monoisotopic (exact) mass is 1300 g/mol. The molecule has 11 heteroatoms. The van der Waals surface area contributed by atoms with Crippen LogP contribution in [0.3, 0.4) is 0 Å². The fraction of sp³-hybridized carbons (Fsp3) is 0.112. The molecule has 488 valence electrons. The number of hydrogen-bond acceptors (Lipinski definition) is 7. The van der Waals surface area contributed by atoms with Crippen LogP contribution in [-0.2, 0) is 39.0 Å². The summed E-state index contributed by atoms with van der Waals surface area (Å²) >= 11 is 0. The Balaban J connectivity index is 0.0000000996. The number of benzene rings is 9. The molecule has 0 unspecified atom stereocenters. The minimum Gasteiger partial charge on any atom is -0.344 e. The van der Waals surface area contributed by atoms with Gasteiger partial charge in [0.1, 0.15) is 5.65 Å². The number of nitrogens with zero attached hydrogens (tertiary/aromatic N) is 11. The molecule has 0 bridgehead atoms. The van der Waals surface area contributed by atoms with Crippen molar-refractivity contribution in [3.8, 4) is 0 Å². The lowest BCUT2D eigenvalue weighted by molar-refractivity contribution is 0.629. The van der Waals surface area contributed by atoms with Crippen LogP contribution in [0.15, 0.2) is 323 Å². The second-order valence-corrected chi connectivity index (χ2v) is 26.0. The number of anilines is 4. The van der Waals surface area contributed by atoms with Crippen molar-refractivity contribution in [1.29, 1.82) is 0 Å². The van der Waals surface area contributed by atoms with Crippen molar-refractivity contribution >= 4 is 110 Å². The first kappa shape index (κ1) is 63.6. The van der Waals surface area contributed by atoms with E-state index in [4.69, 9.17) is 0 Å². The average molecular weight is 1300 g/mol. The van der Waals surface area contributed by atoms with Gasteiger partial charge >= 0.3 is 0 Å². The van der Waals surface area contributed by atoms with E-state index in [1.165, 1.54) is 127 Å². The summed E-state index contributed by atoms with van der Waals surface area (Å²) in [7, 11) is 12.6. The van der Waals surface area contributed by atoms with Gasteiger partial charge in [0.2, 0.25) is 0 Å². The van der Waals surface area contributed by atoms with Crippen molar-refractivity contribution in [3.63, 3.8) is 0 Å². The summed E-state index contributed by atoms with van der Waals surface area (Å²) in [6.07, 6.45) is 16.8. The van der Waals surface area contributed by atoms with Crippen molar-refractivity contribution in [3.05, 3.63) is 356 Å². The maximum absolute atomic E-state index is 4.38. The maximum Gasteiger partial charge on any atom is 0.140 e. The van der Waals surface area contributed by atoms with Gasteiger partial charge in [0.25, 0.3) is 0 Å². The molecular weight excluding hydrogens is 1220 g/mol. The Hall–Kier alpha value is -12.5. The van der Waals surface area contributed by atoms with Crippen molar-refractivity contribution in [2.45, 2.75) is 24.7 Å². The zero-order chi connectivity index (χ0) is 68.5. The summed E-state index contributed by atoms with van der Waals surface area (Å²) in [5, 5.41) is 9.91. The lowest BCUT2D eigenvalue weighted by Gasteiger charge is -2.45. The Labute approximate surface area is 582 Å². The Morgan fingerprint density at radius 3 is 1.02 bits per heavy atom. The van der Waals surface area contributed by atoms with Crippen LogP contribution in [0.1, 0.15) is 47.2 Å². The summed E-state index contributed by atoms with van der Waals surface area (Å²) in [6.45, 7) is 4.61. The summed E-state index contributed by atoms with van der Waals surface area (Å²) in [4.78, 5) is 25.6. The van der Waals surface area contributed by atoms with Gasteiger partial charge in [-0.15, -0.1) is 0 Å². The average Bonchev–Trinajstić information content (AvgIpc) is 1.16. The van der Waals surface area contributed by atoms with E-state index in [0.29, 0.717) is 0 Å². The summed E-state index contributed by atoms with van der Waals surface area (Å²) in [5.74, 6) is 0. The van der Waals surface area contributed by atoms with Gasteiger partial charge in [-0.25, -0.2) is 4.98 Å². The number of aromatic nitrogens is 9. The highest BCUT2D eigenvalue weighted by atomic mass is 15.1. The van der Waals surface area contributed by atoms with Crippen molar-refractivity contribution in [2.24, 2.45) is 28.2 Å². The molecule has 0 atom stereocenters. The van der Waals surface area contributed by atoms with E-state index in [-0.39, 0.29) is 10.8 Å². The number of para-hydroxylation sites is 7. The number of pyridine rings is 5. The van der Waals surface area contributed by atoms with Crippen molar-refractivity contribution in [1.82, 2.24) is 43.2 Å². The summed E-state index contributed by atoms with van der Waals surface area (Å²) in [6, 6.07) is 94.2. The maximum atomic E-state index is 4.38. The Bertz CT molecular complexity index is 5160. The molecule has 0 radical (unpaired) electrons. The molecule has 0 N–H and O–H groups in total. The molecule has 100 heavy (non-hydrogen) atoms. The molecule has 0 fully saturated rings. The molecular formula is C89H77N11. The number of hydrogen-bond donors (Lipinski definition) is 0. The van der Waals surface area contributed by atoms with Crippen LogP contribution in [-0.4, -0.2) is 57.3 Å². The molecule has 0 saturated heterocycles. The number of rotatable bonds is 2. The molecule has 2 aliphatic heterocycles. The zero-order valence-corrected chi connectivity index (χ0v) is 57.5. The first-order valence-corrected chi connectivity index (χ1v) is 33.9. The number of aryl methyl sites for hydroxylation is 4. The first-order chi connectivity index (χ1) is 49.0. The lowest BCUT2D eigenvalue weighted by Crippen LogP contribution is -2.37. The van der Waals surface area contributed by atoms with Crippen LogP contribution in [0.4, 0.5) is 22.7 Å². The van der Waals surface area contributed by atoms with Gasteiger partial charge in [-0.05, 0) is 112 Å². The molecule has 0 spiro atoms. The molecule has 11 nitrogen and oxygen atoms in total. The third-order valence-electron chi connectivity index (χ3n) is 20.3. The van der Waals surface area contributed by atoms with Crippen molar-refractivity contribution < 1.29 is 0 Å². The van der Waals surface area contributed by atoms with Crippen molar-refractivity contribution in [2.75, 3.05) is 23.9 Å². The second kappa shape index (κ2) is 26.9. The van der Waals surface area contributed by atoms with E-state index in [9.17, 15) is 0 Å². The van der Waals surface area contributed by atoms with Gasteiger partial charge in [-0.1, -0.05) is 202 Å². The largest absolute Gasteiger partial charge is 0.344 e. The van der Waals surface area contributed by atoms with E-state index < -0.39 is 0 Å². The SMILES string of the molecule is CN1c2ccccc2C(C)(C)c2ccccc21.CN1c2ccccc2C(c2ccccc2)(c2ccccc2)c2ccccc21.Cn1c2ccccc2c2cccnc21.Cn1c2ccccc2c2ccncc21.Cn1c2ccccc2c2cnccc21.Cn1c2ccncc2c2cnccc21.